The maximum atomic E-state index is 14.0. The van der Waals surface area contributed by atoms with E-state index in [1.54, 1.807) is 24.3 Å². The van der Waals surface area contributed by atoms with Crippen LogP contribution in [0.3, 0.4) is 0 Å². The number of halogens is 4. The first kappa shape index (κ1) is 27.5. The van der Waals surface area contributed by atoms with E-state index >= 15 is 0 Å². The minimum absolute atomic E-state index is 0.0872. The van der Waals surface area contributed by atoms with E-state index in [1.165, 1.54) is 25.3 Å². The highest BCUT2D eigenvalue weighted by Crippen LogP contribution is 2.33. The number of carbonyl (C=O) groups is 2. The number of hydrogen-bond acceptors (Lipinski definition) is 7. The molecule has 0 aliphatic carbocycles. The second-order valence-electron chi connectivity index (χ2n) is 8.74. The third-order valence-corrected chi connectivity index (χ3v) is 5.97. The lowest BCUT2D eigenvalue weighted by Gasteiger charge is -2.22. The number of carbonyl (C=O) groups excluding carboxylic acids is 2. The van der Waals surface area contributed by atoms with Crippen molar-refractivity contribution in [2.24, 2.45) is 0 Å². The maximum Gasteiger partial charge on any atom is 0.433 e. The first-order chi connectivity index (χ1) is 18.5. The number of cyclic esters (lactones) is 1. The Balaban J connectivity index is 1.54. The molecule has 4 rings (SSSR count). The monoisotopic (exact) mass is 544 g/mol. The number of rotatable bonds is 8. The minimum Gasteiger partial charge on any atom is -0.447 e. The Morgan fingerprint density at radius 2 is 1.87 bits per heavy atom. The summed E-state index contributed by atoms with van der Waals surface area (Å²) in [6, 6.07) is 9.25. The molecular formula is C26H24F4N6O3. The van der Waals surface area contributed by atoms with Gasteiger partial charge in [0, 0.05) is 6.20 Å². The van der Waals surface area contributed by atoms with Crippen LogP contribution in [-0.2, 0) is 15.7 Å². The van der Waals surface area contributed by atoms with E-state index < -0.39 is 36.1 Å². The number of alkyl halides is 4. The van der Waals surface area contributed by atoms with Crippen molar-refractivity contribution in [3.8, 4) is 11.1 Å². The highest BCUT2D eigenvalue weighted by molar-refractivity contribution is 5.98. The average Bonchev–Trinajstić information content (AvgIpc) is 3.30. The van der Waals surface area contributed by atoms with Gasteiger partial charge in [-0.05, 0) is 54.8 Å². The van der Waals surface area contributed by atoms with Crippen molar-refractivity contribution in [2.75, 3.05) is 22.1 Å². The number of pyridine rings is 1. The van der Waals surface area contributed by atoms with E-state index in [0.717, 1.165) is 22.6 Å². The number of amides is 2. The van der Waals surface area contributed by atoms with Crippen LogP contribution in [0.5, 0.6) is 0 Å². The van der Waals surface area contributed by atoms with Crippen LogP contribution in [0, 0.1) is 0 Å². The quantitative estimate of drug-likeness (QED) is 0.283. The number of hydrogen-bond donors (Lipinski definition) is 2. The highest BCUT2D eigenvalue weighted by atomic mass is 19.4. The molecule has 2 amide bonds. The lowest BCUT2D eigenvalue weighted by atomic mass is 10.0. The molecule has 204 valence electrons. The fourth-order valence-corrected chi connectivity index (χ4v) is 3.92. The largest absolute Gasteiger partial charge is 0.447 e. The molecule has 1 saturated heterocycles. The van der Waals surface area contributed by atoms with Crippen molar-refractivity contribution in [3.63, 3.8) is 0 Å². The molecule has 13 heteroatoms. The number of ether oxygens (including phenoxy) is 1. The summed E-state index contributed by atoms with van der Waals surface area (Å²) in [6.07, 6.45) is -4.39. The Morgan fingerprint density at radius 3 is 2.51 bits per heavy atom. The van der Waals surface area contributed by atoms with Crippen molar-refractivity contribution in [2.45, 2.75) is 38.3 Å². The SMILES string of the molecule is C=CC(=O)Nc1cc(-c2ccc([C@H](C)Nc3nccc(N4C(=O)OC[C@@H]4[C@H](C)F)n3)cc2)cc(C(F)(F)F)n1. The van der Waals surface area contributed by atoms with Crippen LogP contribution >= 0.6 is 0 Å². The van der Waals surface area contributed by atoms with Crippen molar-refractivity contribution in [1.29, 1.82) is 0 Å². The van der Waals surface area contributed by atoms with Gasteiger partial charge in [0.25, 0.3) is 0 Å². The second-order valence-corrected chi connectivity index (χ2v) is 8.74. The Morgan fingerprint density at radius 1 is 1.15 bits per heavy atom. The summed E-state index contributed by atoms with van der Waals surface area (Å²) in [4.78, 5) is 36.8. The van der Waals surface area contributed by atoms with Crippen LogP contribution in [0.2, 0.25) is 0 Å². The number of benzene rings is 1. The van der Waals surface area contributed by atoms with Gasteiger partial charge in [-0.3, -0.25) is 9.69 Å². The average molecular weight is 545 g/mol. The van der Waals surface area contributed by atoms with Gasteiger partial charge in [0.1, 0.15) is 36.2 Å². The summed E-state index contributed by atoms with van der Waals surface area (Å²) in [6.45, 7) is 6.35. The summed E-state index contributed by atoms with van der Waals surface area (Å²) in [5.74, 6) is -0.581. The molecule has 0 bridgehead atoms. The van der Waals surface area contributed by atoms with Crippen LogP contribution in [0.15, 0.2) is 61.3 Å². The van der Waals surface area contributed by atoms with Gasteiger partial charge in [-0.15, -0.1) is 0 Å². The normalized spacial score (nSPS) is 16.8. The van der Waals surface area contributed by atoms with Gasteiger partial charge in [-0.1, -0.05) is 30.8 Å². The molecular weight excluding hydrogens is 520 g/mol. The Hall–Kier alpha value is -4.55. The van der Waals surface area contributed by atoms with E-state index in [4.69, 9.17) is 4.74 Å². The zero-order valence-corrected chi connectivity index (χ0v) is 20.9. The summed E-state index contributed by atoms with van der Waals surface area (Å²) in [5, 5.41) is 5.36. The predicted octanol–water partition coefficient (Wildman–Crippen LogP) is 5.54. The van der Waals surface area contributed by atoms with E-state index in [9.17, 15) is 27.2 Å². The summed E-state index contributed by atoms with van der Waals surface area (Å²) < 4.78 is 59.1. The van der Waals surface area contributed by atoms with E-state index in [2.05, 4.69) is 32.2 Å². The van der Waals surface area contributed by atoms with E-state index in [0.29, 0.717) is 5.56 Å². The molecule has 0 unspecified atom stereocenters. The van der Waals surface area contributed by atoms with Gasteiger partial charge in [0.15, 0.2) is 0 Å². The highest BCUT2D eigenvalue weighted by Gasteiger charge is 2.39. The van der Waals surface area contributed by atoms with Crippen molar-refractivity contribution < 1.29 is 31.9 Å². The molecule has 3 aromatic rings. The van der Waals surface area contributed by atoms with Gasteiger partial charge in [-0.25, -0.2) is 19.2 Å². The topological polar surface area (TPSA) is 109 Å². The third kappa shape index (κ3) is 6.30. The van der Waals surface area contributed by atoms with Gasteiger partial charge in [0.05, 0.1) is 6.04 Å². The number of nitrogens with zero attached hydrogens (tertiary/aromatic N) is 4. The zero-order chi connectivity index (χ0) is 28.3. The molecule has 0 radical (unpaired) electrons. The molecule has 3 atom stereocenters. The Kier molecular flexibility index (Phi) is 7.79. The molecule has 1 fully saturated rings. The van der Waals surface area contributed by atoms with E-state index in [-0.39, 0.29) is 35.8 Å². The third-order valence-electron chi connectivity index (χ3n) is 5.97. The standard InChI is InChI=1S/C26H24F4N6O3/c1-4-23(37)34-21-12-18(11-20(33-21)26(28,29)30)17-7-5-16(6-8-17)15(3)32-24-31-10-9-22(35-24)36-19(14(2)27)13-39-25(36)38/h4-12,14-15,19H,1,13H2,2-3H3,(H,31,32,35)(H,33,34,37)/t14-,15-,19+/m0/s1. The Labute approximate surface area is 220 Å². The van der Waals surface area contributed by atoms with Crippen LogP contribution in [0.25, 0.3) is 11.1 Å². The Bertz CT molecular complexity index is 1380. The first-order valence-corrected chi connectivity index (χ1v) is 11.8. The first-order valence-electron chi connectivity index (χ1n) is 11.8. The van der Waals surface area contributed by atoms with Gasteiger partial charge < -0.3 is 15.4 Å². The fraction of sp³-hybridized carbons (Fsp3) is 0.269. The summed E-state index contributed by atoms with van der Waals surface area (Å²) in [5.41, 5.74) is 0.273. The molecule has 1 aliphatic rings. The molecule has 9 nitrogen and oxygen atoms in total. The van der Waals surface area contributed by atoms with Crippen LogP contribution in [0.1, 0.15) is 31.1 Å². The minimum atomic E-state index is -4.72. The molecule has 3 heterocycles. The number of nitrogens with one attached hydrogen (secondary N) is 2. The van der Waals surface area contributed by atoms with Crippen LogP contribution in [-0.4, -0.2) is 45.8 Å². The lowest BCUT2D eigenvalue weighted by molar-refractivity contribution is -0.141. The molecule has 39 heavy (non-hydrogen) atoms. The smallest absolute Gasteiger partial charge is 0.433 e. The molecule has 2 N–H and O–H groups in total. The van der Waals surface area contributed by atoms with Crippen molar-refractivity contribution in [1.82, 2.24) is 15.0 Å². The lowest BCUT2D eigenvalue weighted by Crippen LogP contribution is -2.39. The van der Waals surface area contributed by atoms with Crippen molar-refractivity contribution >= 4 is 29.6 Å². The second kappa shape index (κ2) is 11.1. The van der Waals surface area contributed by atoms with Gasteiger partial charge >= 0.3 is 12.3 Å². The summed E-state index contributed by atoms with van der Waals surface area (Å²) in [7, 11) is 0. The molecule has 1 aromatic carbocycles. The zero-order valence-electron chi connectivity index (χ0n) is 20.9. The van der Waals surface area contributed by atoms with Crippen LogP contribution < -0.4 is 15.5 Å². The van der Waals surface area contributed by atoms with Gasteiger partial charge in [0.2, 0.25) is 11.9 Å². The molecule has 0 spiro atoms. The number of aromatic nitrogens is 3. The van der Waals surface area contributed by atoms with Gasteiger partial charge in [-0.2, -0.15) is 18.2 Å². The summed E-state index contributed by atoms with van der Waals surface area (Å²) >= 11 is 0. The molecule has 1 aliphatic heterocycles. The predicted molar refractivity (Wildman–Crippen MR) is 136 cm³/mol. The fourth-order valence-electron chi connectivity index (χ4n) is 3.92. The van der Waals surface area contributed by atoms with Crippen molar-refractivity contribution in [3.05, 3.63) is 72.6 Å². The number of anilines is 3. The van der Waals surface area contributed by atoms with Crippen LogP contribution in [0.4, 0.5) is 39.9 Å². The maximum absolute atomic E-state index is 14.0. The molecule has 0 saturated carbocycles. The molecule has 2 aromatic heterocycles. The van der Waals surface area contributed by atoms with E-state index in [1.807, 2.05) is 6.92 Å².